The first-order valence-corrected chi connectivity index (χ1v) is 8.82. The molecular formula is C10H14AsFO. The summed E-state index contributed by atoms with van der Waals surface area (Å²) in [5.74, 6) is -0.266. The van der Waals surface area contributed by atoms with Crippen molar-refractivity contribution >= 4 is 17.8 Å². The number of rotatable bonds is 3. The summed E-state index contributed by atoms with van der Waals surface area (Å²) in [4.78, 5) is 0. The van der Waals surface area contributed by atoms with Crippen LogP contribution in [0.1, 0.15) is 13.8 Å². The van der Waals surface area contributed by atoms with E-state index in [1.165, 1.54) is 12.1 Å². The third kappa shape index (κ3) is 2.25. The molecule has 0 saturated heterocycles. The van der Waals surface area contributed by atoms with Crippen LogP contribution in [0.4, 0.5) is 4.39 Å². The van der Waals surface area contributed by atoms with Gasteiger partial charge in [0.25, 0.3) is 0 Å². The molecule has 1 rings (SSSR count). The molecule has 0 aliphatic rings. The Kier molecular flexibility index (Phi) is 3.38. The minimum absolute atomic E-state index is 0.266. The van der Waals surface area contributed by atoms with E-state index in [1.54, 1.807) is 12.1 Å². The Morgan fingerprint density at radius 3 is 2.00 bits per heavy atom. The van der Waals surface area contributed by atoms with E-state index < -0.39 is 13.5 Å². The van der Waals surface area contributed by atoms with Gasteiger partial charge in [0.1, 0.15) is 0 Å². The van der Waals surface area contributed by atoms with Gasteiger partial charge < -0.3 is 0 Å². The average molecular weight is 244 g/mol. The molecule has 0 spiro atoms. The van der Waals surface area contributed by atoms with E-state index in [0.717, 1.165) is 4.35 Å². The van der Waals surface area contributed by atoms with Crippen molar-refractivity contribution in [2.75, 3.05) is 0 Å². The topological polar surface area (TPSA) is 17.1 Å². The monoisotopic (exact) mass is 244 g/mol. The molecule has 1 aromatic carbocycles. The molecule has 0 amide bonds. The molecule has 0 N–H and O–H groups in total. The molecule has 0 aliphatic heterocycles. The summed E-state index contributed by atoms with van der Waals surface area (Å²) in [7, 11) is 0. The maximum absolute atomic E-state index is 12.6. The molecule has 0 saturated carbocycles. The molecular weight excluding hydrogens is 230 g/mol. The fourth-order valence-corrected chi connectivity index (χ4v) is 5.22. The molecule has 0 fully saturated rings. The Morgan fingerprint density at radius 2 is 1.62 bits per heavy atom. The maximum atomic E-state index is 12.6. The van der Waals surface area contributed by atoms with E-state index in [2.05, 4.69) is 0 Å². The fourth-order valence-electron chi connectivity index (χ4n) is 1.30. The Labute approximate surface area is 80.6 Å². The van der Waals surface area contributed by atoms with Crippen molar-refractivity contribution in [1.82, 2.24) is 0 Å². The van der Waals surface area contributed by atoms with Crippen molar-refractivity contribution in [3.63, 3.8) is 0 Å². The molecule has 0 heterocycles. The standard InChI is InChI=1S/C10H14AsFO/c1-3-11(13,4-2)9-5-7-10(12)8-6-9/h5-8H,3-4H2,1-2H3. The zero-order valence-electron chi connectivity index (χ0n) is 7.96. The Balaban J connectivity index is 3.07. The van der Waals surface area contributed by atoms with Crippen LogP contribution in [0.3, 0.4) is 0 Å². The van der Waals surface area contributed by atoms with E-state index in [9.17, 15) is 8.13 Å². The summed E-state index contributed by atoms with van der Waals surface area (Å²) in [6, 6.07) is 6.08. The number of halogens is 1. The van der Waals surface area contributed by atoms with Gasteiger partial charge in [0.05, 0.1) is 0 Å². The fraction of sp³-hybridized carbons (Fsp3) is 0.400. The molecule has 1 aromatic rings. The number of hydrogen-bond acceptors (Lipinski definition) is 1. The SMILES string of the molecule is CC[As](=O)(CC)c1ccc(F)cc1. The first-order valence-electron chi connectivity index (χ1n) is 4.46. The summed E-state index contributed by atoms with van der Waals surface area (Å²) >= 11 is -2.86. The van der Waals surface area contributed by atoms with Crippen molar-refractivity contribution < 1.29 is 8.13 Å². The number of benzene rings is 1. The van der Waals surface area contributed by atoms with Gasteiger partial charge in [-0.15, -0.1) is 0 Å². The second kappa shape index (κ2) is 4.15. The normalized spacial score (nSPS) is 11.6. The van der Waals surface area contributed by atoms with E-state index in [4.69, 9.17) is 0 Å². The van der Waals surface area contributed by atoms with Gasteiger partial charge in [0.15, 0.2) is 0 Å². The predicted octanol–water partition coefficient (Wildman–Crippen LogP) is 2.45. The molecule has 1 nitrogen and oxygen atoms in total. The zero-order valence-corrected chi connectivity index (χ0v) is 9.83. The van der Waals surface area contributed by atoms with Gasteiger partial charge in [-0.05, 0) is 0 Å². The summed E-state index contributed by atoms with van der Waals surface area (Å²) in [6.07, 6.45) is 0. The van der Waals surface area contributed by atoms with Crippen molar-refractivity contribution in [3.05, 3.63) is 30.1 Å². The van der Waals surface area contributed by atoms with Crippen LogP contribution in [-0.2, 0) is 3.74 Å². The second-order valence-corrected chi connectivity index (χ2v) is 10.5. The van der Waals surface area contributed by atoms with Gasteiger partial charge in [-0.2, -0.15) is 0 Å². The van der Waals surface area contributed by atoms with Crippen LogP contribution in [-0.4, -0.2) is 13.5 Å². The predicted molar refractivity (Wildman–Crippen MR) is 53.4 cm³/mol. The van der Waals surface area contributed by atoms with Crippen LogP contribution >= 0.6 is 0 Å². The van der Waals surface area contributed by atoms with Crippen LogP contribution in [0.15, 0.2) is 24.3 Å². The third-order valence-corrected chi connectivity index (χ3v) is 9.21. The van der Waals surface area contributed by atoms with Gasteiger partial charge in [-0.1, -0.05) is 0 Å². The van der Waals surface area contributed by atoms with E-state index in [0.29, 0.717) is 10.4 Å². The van der Waals surface area contributed by atoms with Gasteiger partial charge in [0.2, 0.25) is 0 Å². The Morgan fingerprint density at radius 1 is 1.15 bits per heavy atom. The Bertz CT molecular complexity index is 310. The summed E-state index contributed by atoms with van der Waals surface area (Å²) < 4.78 is 25.7. The van der Waals surface area contributed by atoms with Gasteiger partial charge in [-0.3, -0.25) is 0 Å². The molecule has 0 bridgehead atoms. The van der Waals surface area contributed by atoms with Gasteiger partial charge in [0, 0.05) is 0 Å². The van der Waals surface area contributed by atoms with Gasteiger partial charge in [-0.25, -0.2) is 0 Å². The molecule has 0 radical (unpaired) electrons. The number of hydrogen-bond donors (Lipinski definition) is 0. The molecule has 0 atom stereocenters. The third-order valence-electron chi connectivity index (χ3n) is 2.32. The summed E-state index contributed by atoms with van der Waals surface area (Å²) in [6.45, 7) is 3.87. The van der Waals surface area contributed by atoms with Crippen molar-refractivity contribution in [1.29, 1.82) is 0 Å². The molecule has 0 unspecified atom stereocenters. The van der Waals surface area contributed by atoms with Crippen molar-refractivity contribution in [2.45, 2.75) is 24.3 Å². The Hall–Kier alpha value is -0.492. The molecule has 0 aliphatic carbocycles. The van der Waals surface area contributed by atoms with Crippen LogP contribution in [0, 0.1) is 5.82 Å². The first-order chi connectivity index (χ1) is 6.12. The summed E-state index contributed by atoms with van der Waals surface area (Å²) in [5.41, 5.74) is 0. The zero-order chi connectivity index (χ0) is 9.90. The average Bonchev–Trinajstić information content (AvgIpc) is 2.18. The molecule has 72 valence electrons. The molecule has 3 heteroatoms. The van der Waals surface area contributed by atoms with Crippen LogP contribution in [0.5, 0.6) is 0 Å². The van der Waals surface area contributed by atoms with E-state index in [1.807, 2.05) is 13.8 Å². The van der Waals surface area contributed by atoms with Crippen LogP contribution < -0.4 is 4.35 Å². The quantitative estimate of drug-likeness (QED) is 0.746. The first kappa shape index (κ1) is 10.6. The van der Waals surface area contributed by atoms with E-state index in [-0.39, 0.29) is 5.82 Å². The summed E-state index contributed by atoms with van der Waals surface area (Å²) in [5, 5.41) is 1.42. The van der Waals surface area contributed by atoms with Gasteiger partial charge >= 0.3 is 80.3 Å². The second-order valence-electron chi connectivity index (χ2n) is 3.00. The van der Waals surface area contributed by atoms with Crippen molar-refractivity contribution in [2.24, 2.45) is 0 Å². The van der Waals surface area contributed by atoms with E-state index >= 15 is 0 Å². The molecule has 0 aromatic heterocycles. The van der Waals surface area contributed by atoms with Crippen LogP contribution in [0.2, 0.25) is 10.4 Å². The van der Waals surface area contributed by atoms with Crippen LogP contribution in [0.25, 0.3) is 0 Å². The van der Waals surface area contributed by atoms with Crippen molar-refractivity contribution in [3.8, 4) is 0 Å². The molecule has 13 heavy (non-hydrogen) atoms. The minimum atomic E-state index is -2.86.